The normalized spacial score (nSPS) is 10.7. The molecule has 21 heavy (non-hydrogen) atoms. The van der Waals surface area contributed by atoms with E-state index in [1.165, 1.54) is 6.33 Å². The number of pyridine rings is 1. The van der Waals surface area contributed by atoms with E-state index in [4.69, 9.17) is 22.5 Å². The van der Waals surface area contributed by atoms with Crippen LogP contribution in [0, 0.1) is 0 Å². The molecular weight excluding hydrogens is 286 g/mol. The quantitative estimate of drug-likeness (QED) is 0.695. The molecule has 0 saturated heterocycles. The second kappa shape index (κ2) is 5.84. The van der Waals surface area contributed by atoms with Crippen molar-refractivity contribution >= 4 is 33.9 Å². The standard InChI is InChI=1S/C14H13N5OS/c15-13(21)10-7-9-3-1-2-4-11(9)19-14(10)16-6-5-12-17-8-18-20-12/h1-4,7-8H,5-6H2,(H2,15,21)(H,16,19). The molecule has 6 nitrogen and oxygen atoms in total. The number of anilines is 1. The highest BCUT2D eigenvalue weighted by molar-refractivity contribution is 7.80. The first-order valence-electron chi connectivity index (χ1n) is 6.43. The molecule has 2 heterocycles. The summed E-state index contributed by atoms with van der Waals surface area (Å²) in [6.45, 7) is 0.600. The predicted molar refractivity (Wildman–Crippen MR) is 84.1 cm³/mol. The number of aromatic nitrogens is 3. The van der Waals surface area contributed by atoms with E-state index in [2.05, 4.69) is 20.4 Å². The van der Waals surface area contributed by atoms with Crippen molar-refractivity contribution in [1.82, 2.24) is 15.1 Å². The number of benzene rings is 1. The molecule has 1 aromatic carbocycles. The van der Waals surface area contributed by atoms with E-state index in [0.717, 1.165) is 16.5 Å². The van der Waals surface area contributed by atoms with Crippen LogP contribution in [0.3, 0.4) is 0 Å². The monoisotopic (exact) mass is 299 g/mol. The van der Waals surface area contributed by atoms with E-state index >= 15 is 0 Å². The molecule has 3 aromatic rings. The maximum Gasteiger partial charge on any atom is 0.228 e. The Bertz CT molecular complexity index is 772. The Morgan fingerprint density at radius 3 is 2.95 bits per heavy atom. The van der Waals surface area contributed by atoms with Crippen LogP contribution >= 0.6 is 12.2 Å². The number of fused-ring (bicyclic) bond motifs is 1. The van der Waals surface area contributed by atoms with Crippen molar-refractivity contribution in [3.8, 4) is 0 Å². The fourth-order valence-corrected chi connectivity index (χ4v) is 2.19. The highest BCUT2D eigenvalue weighted by Crippen LogP contribution is 2.20. The Morgan fingerprint density at radius 2 is 2.19 bits per heavy atom. The van der Waals surface area contributed by atoms with Gasteiger partial charge in [-0.2, -0.15) is 4.98 Å². The average molecular weight is 299 g/mol. The summed E-state index contributed by atoms with van der Waals surface area (Å²) in [6, 6.07) is 9.77. The van der Waals surface area contributed by atoms with Gasteiger partial charge in [0.25, 0.3) is 0 Å². The van der Waals surface area contributed by atoms with Crippen molar-refractivity contribution < 1.29 is 4.52 Å². The van der Waals surface area contributed by atoms with Gasteiger partial charge in [-0.05, 0) is 12.1 Å². The second-order valence-corrected chi connectivity index (χ2v) is 4.89. The zero-order chi connectivity index (χ0) is 14.7. The Hall–Kier alpha value is -2.54. The number of nitrogens with two attached hydrogens (primary N) is 1. The third kappa shape index (κ3) is 2.97. The van der Waals surface area contributed by atoms with Gasteiger partial charge in [-0.15, -0.1) is 0 Å². The van der Waals surface area contributed by atoms with E-state index < -0.39 is 0 Å². The highest BCUT2D eigenvalue weighted by Gasteiger charge is 2.09. The number of hydrogen-bond acceptors (Lipinski definition) is 6. The molecule has 106 valence electrons. The Morgan fingerprint density at radius 1 is 1.33 bits per heavy atom. The predicted octanol–water partition coefficient (Wildman–Crippen LogP) is 1.91. The molecule has 2 aromatic heterocycles. The molecule has 3 rings (SSSR count). The summed E-state index contributed by atoms with van der Waals surface area (Å²) in [5.41, 5.74) is 7.40. The van der Waals surface area contributed by atoms with E-state index in [1.807, 2.05) is 30.3 Å². The molecule has 0 aliphatic rings. The number of thiocarbonyl (C=S) groups is 1. The van der Waals surface area contributed by atoms with Gasteiger partial charge in [0.05, 0.1) is 11.1 Å². The van der Waals surface area contributed by atoms with Crippen LogP contribution in [-0.2, 0) is 6.42 Å². The number of hydrogen-bond donors (Lipinski definition) is 2. The molecule has 0 radical (unpaired) electrons. The smallest absolute Gasteiger partial charge is 0.228 e. The molecule has 0 aliphatic carbocycles. The zero-order valence-electron chi connectivity index (χ0n) is 11.1. The lowest BCUT2D eigenvalue weighted by atomic mass is 10.1. The molecule has 0 saturated carbocycles. The van der Waals surface area contributed by atoms with Crippen LogP contribution in [0.1, 0.15) is 11.5 Å². The SMILES string of the molecule is NC(=S)c1cc2ccccc2nc1NCCc1ncno1. The Labute approximate surface area is 126 Å². The van der Waals surface area contributed by atoms with Crippen molar-refractivity contribution in [2.75, 3.05) is 11.9 Å². The number of para-hydroxylation sites is 1. The van der Waals surface area contributed by atoms with Crippen molar-refractivity contribution in [1.29, 1.82) is 0 Å². The first-order chi connectivity index (χ1) is 10.2. The number of nitrogens with zero attached hydrogens (tertiary/aromatic N) is 3. The van der Waals surface area contributed by atoms with Gasteiger partial charge in [-0.1, -0.05) is 35.6 Å². The minimum Gasteiger partial charge on any atom is -0.389 e. The van der Waals surface area contributed by atoms with Crippen LogP contribution in [0.2, 0.25) is 0 Å². The number of nitrogens with one attached hydrogen (secondary N) is 1. The summed E-state index contributed by atoms with van der Waals surface area (Å²) in [5, 5.41) is 7.79. The lowest BCUT2D eigenvalue weighted by Gasteiger charge is -2.11. The summed E-state index contributed by atoms with van der Waals surface area (Å²) in [6.07, 6.45) is 1.98. The molecule has 7 heteroatoms. The average Bonchev–Trinajstić information content (AvgIpc) is 2.99. The minimum atomic E-state index is 0.313. The van der Waals surface area contributed by atoms with E-state index in [-0.39, 0.29) is 0 Å². The topological polar surface area (TPSA) is 89.9 Å². The molecule has 0 atom stereocenters. The maximum atomic E-state index is 5.78. The molecule has 0 aliphatic heterocycles. The minimum absolute atomic E-state index is 0.313. The van der Waals surface area contributed by atoms with Gasteiger partial charge in [0.2, 0.25) is 5.89 Å². The lowest BCUT2D eigenvalue weighted by Crippen LogP contribution is -2.16. The van der Waals surface area contributed by atoms with Gasteiger partial charge in [0, 0.05) is 18.4 Å². The molecule has 0 bridgehead atoms. The van der Waals surface area contributed by atoms with E-state index in [0.29, 0.717) is 29.7 Å². The van der Waals surface area contributed by atoms with Crippen LogP contribution in [-0.4, -0.2) is 26.7 Å². The van der Waals surface area contributed by atoms with Crippen molar-refractivity contribution in [3.05, 3.63) is 48.1 Å². The third-order valence-electron chi connectivity index (χ3n) is 3.03. The van der Waals surface area contributed by atoms with Crippen LogP contribution in [0.5, 0.6) is 0 Å². The maximum absolute atomic E-state index is 5.78. The molecular formula is C14H13N5OS. The van der Waals surface area contributed by atoms with Crippen molar-refractivity contribution in [2.24, 2.45) is 5.73 Å². The van der Waals surface area contributed by atoms with Gasteiger partial charge in [-0.25, -0.2) is 4.98 Å². The van der Waals surface area contributed by atoms with Gasteiger partial charge >= 0.3 is 0 Å². The van der Waals surface area contributed by atoms with Crippen LogP contribution < -0.4 is 11.1 Å². The summed E-state index contributed by atoms with van der Waals surface area (Å²) in [5.74, 6) is 1.24. The molecule has 0 spiro atoms. The second-order valence-electron chi connectivity index (χ2n) is 4.45. The first kappa shape index (κ1) is 13.4. The zero-order valence-corrected chi connectivity index (χ0v) is 11.9. The van der Waals surface area contributed by atoms with Crippen LogP contribution in [0.25, 0.3) is 10.9 Å². The van der Waals surface area contributed by atoms with E-state index in [9.17, 15) is 0 Å². The van der Waals surface area contributed by atoms with E-state index in [1.54, 1.807) is 0 Å². The summed E-state index contributed by atoms with van der Waals surface area (Å²) in [7, 11) is 0. The van der Waals surface area contributed by atoms with Crippen molar-refractivity contribution in [2.45, 2.75) is 6.42 Å². The van der Waals surface area contributed by atoms with Crippen LogP contribution in [0.15, 0.2) is 41.2 Å². The Balaban J connectivity index is 1.85. The summed E-state index contributed by atoms with van der Waals surface area (Å²) in [4.78, 5) is 8.85. The lowest BCUT2D eigenvalue weighted by molar-refractivity contribution is 0.379. The molecule has 3 N–H and O–H groups in total. The third-order valence-corrected chi connectivity index (χ3v) is 3.25. The number of rotatable bonds is 5. The van der Waals surface area contributed by atoms with Gasteiger partial charge < -0.3 is 15.6 Å². The Kier molecular flexibility index (Phi) is 3.74. The molecule has 0 amide bonds. The van der Waals surface area contributed by atoms with Gasteiger partial charge in [0.15, 0.2) is 6.33 Å². The van der Waals surface area contributed by atoms with Crippen molar-refractivity contribution in [3.63, 3.8) is 0 Å². The fraction of sp³-hybridized carbons (Fsp3) is 0.143. The van der Waals surface area contributed by atoms with Gasteiger partial charge in [-0.3, -0.25) is 0 Å². The summed E-state index contributed by atoms with van der Waals surface area (Å²) >= 11 is 5.10. The van der Waals surface area contributed by atoms with Gasteiger partial charge in [0.1, 0.15) is 10.8 Å². The fourth-order valence-electron chi connectivity index (χ4n) is 2.03. The molecule has 0 unspecified atom stereocenters. The van der Waals surface area contributed by atoms with Crippen LogP contribution in [0.4, 0.5) is 5.82 Å². The first-order valence-corrected chi connectivity index (χ1v) is 6.84. The summed E-state index contributed by atoms with van der Waals surface area (Å²) < 4.78 is 4.95. The molecule has 0 fully saturated rings. The highest BCUT2D eigenvalue weighted by atomic mass is 32.1. The largest absolute Gasteiger partial charge is 0.389 e.